The van der Waals surface area contributed by atoms with Crippen molar-refractivity contribution in [3.05, 3.63) is 86.6 Å². The average Bonchev–Trinajstić information content (AvgIpc) is 3.39. The Kier molecular flexibility index (Phi) is 6.24. The largest absolute Gasteiger partial charge is 0.507 e. The number of aryl methyl sites for hydroxylation is 2. The van der Waals surface area contributed by atoms with Crippen molar-refractivity contribution < 1.29 is 24.5 Å². The summed E-state index contributed by atoms with van der Waals surface area (Å²) in [6.45, 7) is 6.25. The van der Waals surface area contributed by atoms with Gasteiger partial charge in [0.1, 0.15) is 5.76 Å². The number of nitrogens with zero attached hydrogens (tertiary/aromatic N) is 1. The van der Waals surface area contributed by atoms with Crippen molar-refractivity contribution >= 4 is 28.8 Å². The summed E-state index contributed by atoms with van der Waals surface area (Å²) >= 11 is 1.49. The lowest BCUT2D eigenvalue weighted by Crippen LogP contribution is -2.28. The van der Waals surface area contributed by atoms with Gasteiger partial charge in [-0.25, -0.2) is 0 Å². The van der Waals surface area contributed by atoms with Gasteiger partial charge in [-0.15, -0.1) is 11.3 Å². The smallest absolute Gasteiger partial charge is 0.295 e. The number of amides is 1. The van der Waals surface area contributed by atoms with Crippen LogP contribution in [0.1, 0.15) is 40.1 Å². The fourth-order valence-corrected chi connectivity index (χ4v) is 4.68. The number of benzene rings is 2. The van der Waals surface area contributed by atoms with Crippen LogP contribution in [0.5, 0.6) is 11.5 Å². The molecule has 4 rings (SSSR count). The molecule has 6 nitrogen and oxygen atoms in total. The summed E-state index contributed by atoms with van der Waals surface area (Å²) in [6, 6.07) is 13.1. The summed E-state index contributed by atoms with van der Waals surface area (Å²) in [5, 5.41) is 23.3. The van der Waals surface area contributed by atoms with Crippen molar-refractivity contribution in [3.63, 3.8) is 0 Å². The fraction of sp³-hybridized carbons (Fsp3) is 0.231. The first-order valence-electron chi connectivity index (χ1n) is 10.7. The summed E-state index contributed by atoms with van der Waals surface area (Å²) < 4.78 is 5.53. The van der Waals surface area contributed by atoms with Crippen LogP contribution in [-0.2, 0) is 16.1 Å². The molecular weight excluding hydrogens is 438 g/mol. The highest BCUT2D eigenvalue weighted by Crippen LogP contribution is 2.42. The molecular formula is C26H25NO5S. The molecule has 0 radical (unpaired) electrons. The maximum atomic E-state index is 13.2. The summed E-state index contributed by atoms with van der Waals surface area (Å²) in [6.07, 6.45) is 0. The Morgan fingerprint density at radius 2 is 1.88 bits per heavy atom. The molecule has 1 atom stereocenters. The number of aliphatic hydroxyl groups is 1. The quantitative estimate of drug-likeness (QED) is 0.302. The second kappa shape index (κ2) is 9.11. The van der Waals surface area contributed by atoms with E-state index < -0.39 is 17.7 Å². The molecule has 7 heteroatoms. The predicted molar refractivity (Wildman–Crippen MR) is 127 cm³/mol. The van der Waals surface area contributed by atoms with Gasteiger partial charge in [-0.1, -0.05) is 24.3 Å². The molecule has 1 aliphatic heterocycles. The number of rotatable bonds is 6. The van der Waals surface area contributed by atoms with E-state index in [1.165, 1.54) is 22.3 Å². The van der Waals surface area contributed by atoms with E-state index in [0.29, 0.717) is 17.7 Å². The maximum Gasteiger partial charge on any atom is 0.295 e. The third kappa shape index (κ3) is 4.24. The van der Waals surface area contributed by atoms with Crippen molar-refractivity contribution in [2.75, 3.05) is 6.61 Å². The van der Waals surface area contributed by atoms with Gasteiger partial charge in [0, 0.05) is 10.4 Å². The lowest BCUT2D eigenvalue weighted by atomic mass is 9.94. The highest BCUT2D eigenvalue weighted by Gasteiger charge is 2.46. The van der Waals surface area contributed by atoms with Gasteiger partial charge in [0.15, 0.2) is 11.5 Å². The van der Waals surface area contributed by atoms with E-state index in [2.05, 4.69) is 0 Å². The molecule has 0 aliphatic carbocycles. The van der Waals surface area contributed by atoms with Crippen molar-refractivity contribution in [3.8, 4) is 11.5 Å². The fourth-order valence-electron chi connectivity index (χ4n) is 3.98. The first kappa shape index (κ1) is 22.6. The van der Waals surface area contributed by atoms with Gasteiger partial charge in [-0.05, 0) is 67.1 Å². The van der Waals surface area contributed by atoms with E-state index in [1.54, 1.807) is 31.2 Å². The van der Waals surface area contributed by atoms with Crippen LogP contribution in [0, 0.1) is 13.8 Å². The molecule has 1 saturated heterocycles. The van der Waals surface area contributed by atoms with E-state index >= 15 is 0 Å². The monoisotopic (exact) mass is 463 g/mol. The molecule has 170 valence electrons. The first-order valence-corrected chi connectivity index (χ1v) is 11.5. The topological polar surface area (TPSA) is 87.1 Å². The number of ether oxygens (including phenoxy) is 1. The van der Waals surface area contributed by atoms with Crippen molar-refractivity contribution in [2.45, 2.75) is 33.4 Å². The Morgan fingerprint density at radius 3 is 2.55 bits per heavy atom. The Labute approximate surface area is 196 Å². The van der Waals surface area contributed by atoms with Crippen LogP contribution in [0.3, 0.4) is 0 Å². The standard InChI is InChI=1S/C26H25NO5S/c1-4-32-21-13-17(9-10-20(21)28)23-22(24(29)18-8-7-15(2)16(3)12-18)25(30)26(31)27(23)14-19-6-5-11-33-19/h5-13,23,28-29H,4,14H2,1-3H3/b24-22-. The van der Waals surface area contributed by atoms with Gasteiger partial charge < -0.3 is 19.8 Å². The van der Waals surface area contributed by atoms with Crippen LogP contribution in [0.25, 0.3) is 5.76 Å². The molecule has 0 bridgehead atoms. The minimum atomic E-state index is -0.825. The number of carbonyl (C=O) groups is 2. The molecule has 1 fully saturated rings. The second-order valence-electron chi connectivity index (χ2n) is 7.97. The number of thiophene rings is 1. The van der Waals surface area contributed by atoms with Crippen LogP contribution in [0.2, 0.25) is 0 Å². The van der Waals surface area contributed by atoms with Gasteiger partial charge in [0.2, 0.25) is 0 Å². The van der Waals surface area contributed by atoms with Crippen LogP contribution in [0.15, 0.2) is 59.5 Å². The average molecular weight is 464 g/mol. The molecule has 2 heterocycles. The highest BCUT2D eigenvalue weighted by atomic mass is 32.1. The second-order valence-corrected chi connectivity index (χ2v) is 9.00. The number of phenolic OH excluding ortho intramolecular Hbond substituents is 1. The molecule has 0 saturated carbocycles. The molecule has 1 amide bonds. The minimum absolute atomic E-state index is 0.0212. The van der Waals surface area contributed by atoms with Crippen LogP contribution < -0.4 is 4.74 Å². The molecule has 33 heavy (non-hydrogen) atoms. The molecule has 3 aromatic rings. The van der Waals surface area contributed by atoms with Crippen LogP contribution in [0.4, 0.5) is 0 Å². The predicted octanol–water partition coefficient (Wildman–Crippen LogP) is 5.09. The van der Waals surface area contributed by atoms with Gasteiger partial charge in [-0.2, -0.15) is 0 Å². The zero-order chi connectivity index (χ0) is 23.7. The Morgan fingerprint density at radius 1 is 1.09 bits per heavy atom. The maximum absolute atomic E-state index is 13.2. The van der Waals surface area contributed by atoms with Crippen LogP contribution in [-0.4, -0.2) is 33.4 Å². The normalized spacial score (nSPS) is 17.5. The summed E-state index contributed by atoms with van der Waals surface area (Å²) in [7, 11) is 0. The zero-order valence-corrected chi connectivity index (χ0v) is 19.5. The van der Waals surface area contributed by atoms with Crippen molar-refractivity contribution in [2.24, 2.45) is 0 Å². The van der Waals surface area contributed by atoms with E-state index in [0.717, 1.165) is 16.0 Å². The Bertz CT molecular complexity index is 1250. The van der Waals surface area contributed by atoms with Crippen LogP contribution >= 0.6 is 11.3 Å². The Balaban J connectivity index is 1.90. The number of phenols is 1. The molecule has 0 spiro atoms. The summed E-state index contributed by atoms with van der Waals surface area (Å²) in [5.41, 5.74) is 3.08. The van der Waals surface area contributed by atoms with E-state index in [-0.39, 0.29) is 29.4 Å². The van der Waals surface area contributed by atoms with Crippen molar-refractivity contribution in [1.82, 2.24) is 4.90 Å². The lowest BCUT2D eigenvalue weighted by Gasteiger charge is -2.25. The van der Waals surface area contributed by atoms with Gasteiger partial charge in [-0.3, -0.25) is 9.59 Å². The highest BCUT2D eigenvalue weighted by molar-refractivity contribution is 7.09. The number of carbonyl (C=O) groups excluding carboxylic acids is 2. The lowest BCUT2D eigenvalue weighted by molar-refractivity contribution is -0.140. The number of hydrogen-bond donors (Lipinski definition) is 2. The minimum Gasteiger partial charge on any atom is -0.507 e. The van der Waals surface area contributed by atoms with Crippen molar-refractivity contribution in [1.29, 1.82) is 0 Å². The number of hydrogen-bond acceptors (Lipinski definition) is 6. The van der Waals surface area contributed by atoms with Gasteiger partial charge in [0.25, 0.3) is 11.7 Å². The zero-order valence-electron chi connectivity index (χ0n) is 18.7. The molecule has 1 aromatic heterocycles. The van der Waals surface area contributed by atoms with E-state index in [9.17, 15) is 19.8 Å². The van der Waals surface area contributed by atoms with Gasteiger partial charge in [0.05, 0.1) is 24.8 Å². The SMILES string of the molecule is CCOc1cc(C2/C(=C(/O)c3ccc(C)c(C)c3)C(=O)C(=O)N2Cc2cccs2)ccc1O. The number of likely N-dealkylation sites (tertiary alicyclic amines) is 1. The third-order valence-corrected chi connectivity index (χ3v) is 6.69. The number of Topliss-reactive ketones (excluding diaryl/α,β-unsaturated/α-hetero) is 1. The summed E-state index contributed by atoms with van der Waals surface area (Å²) in [5.74, 6) is -1.42. The number of aliphatic hydroxyl groups excluding tert-OH is 1. The molecule has 2 N–H and O–H groups in total. The third-order valence-electron chi connectivity index (χ3n) is 5.83. The molecule has 1 aliphatic rings. The molecule has 1 unspecified atom stereocenters. The Hall–Kier alpha value is -3.58. The van der Waals surface area contributed by atoms with E-state index in [4.69, 9.17) is 4.74 Å². The number of aromatic hydroxyl groups is 1. The summed E-state index contributed by atoms with van der Waals surface area (Å²) in [4.78, 5) is 28.7. The molecule has 2 aromatic carbocycles. The van der Waals surface area contributed by atoms with E-state index in [1.807, 2.05) is 37.4 Å². The first-order chi connectivity index (χ1) is 15.8. The number of ketones is 1. The van der Waals surface area contributed by atoms with Gasteiger partial charge >= 0.3 is 0 Å².